The lowest BCUT2D eigenvalue weighted by molar-refractivity contribution is 0.0829. The van der Waals surface area contributed by atoms with Crippen LogP contribution in [0.4, 0.5) is 0 Å². The fraction of sp³-hybridized carbons (Fsp3) is 0.278. The van der Waals surface area contributed by atoms with Crippen LogP contribution in [0.5, 0.6) is 0 Å². The molecule has 0 aliphatic carbocycles. The molecule has 2 heterocycles. The number of aryl methyl sites for hydroxylation is 1. The second kappa shape index (κ2) is 6.61. The van der Waals surface area contributed by atoms with Gasteiger partial charge in [0.1, 0.15) is 0 Å². The molecule has 0 saturated heterocycles. The number of benzene rings is 1. The van der Waals surface area contributed by atoms with E-state index in [1.165, 1.54) is 0 Å². The molecule has 1 aromatic carbocycles. The molecule has 3 aromatic rings. The third-order valence-electron chi connectivity index (χ3n) is 3.79. The van der Waals surface area contributed by atoms with Crippen molar-refractivity contribution < 1.29 is 4.79 Å². The number of carbonyl (C=O) groups is 1. The molecular formula is C18H19ClN4O. The first-order valence-electron chi connectivity index (χ1n) is 7.84. The minimum Gasteiger partial charge on any atom is -0.345 e. The Bertz CT molecular complexity index is 901. The molecule has 0 aliphatic rings. The van der Waals surface area contributed by atoms with Gasteiger partial charge in [0.2, 0.25) is 0 Å². The Hall–Kier alpha value is -2.40. The normalized spacial score (nSPS) is 11.0. The number of pyridine rings is 1. The lowest BCUT2D eigenvalue weighted by Crippen LogP contribution is -2.22. The summed E-state index contributed by atoms with van der Waals surface area (Å²) in [7, 11) is 3.47. The fourth-order valence-electron chi connectivity index (χ4n) is 2.61. The summed E-state index contributed by atoms with van der Waals surface area (Å²) in [6.07, 6.45) is 4.75. The van der Waals surface area contributed by atoms with Crippen LogP contribution in [0.3, 0.4) is 0 Å². The topological polar surface area (TPSA) is 51.0 Å². The molecule has 5 nitrogen and oxygen atoms in total. The maximum atomic E-state index is 12.6. The quantitative estimate of drug-likeness (QED) is 0.723. The number of hydrogen-bond donors (Lipinski definition) is 0. The van der Waals surface area contributed by atoms with Crippen LogP contribution in [0.2, 0.25) is 5.02 Å². The first-order chi connectivity index (χ1) is 11.5. The van der Waals surface area contributed by atoms with Crippen molar-refractivity contribution in [3.05, 3.63) is 47.2 Å². The highest BCUT2D eigenvalue weighted by atomic mass is 35.5. The van der Waals surface area contributed by atoms with Crippen LogP contribution >= 0.6 is 11.6 Å². The number of fused-ring (bicyclic) bond motifs is 1. The molecule has 6 heteroatoms. The molecule has 24 heavy (non-hydrogen) atoms. The Morgan fingerprint density at radius 2 is 2.08 bits per heavy atom. The predicted octanol–water partition coefficient (Wildman–Crippen LogP) is 3.86. The second-order valence-electron chi connectivity index (χ2n) is 5.91. The minimum absolute atomic E-state index is 0.0770. The number of hydrogen-bond acceptors (Lipinski definition) is 3. The van der Waals surface area contributed by atoms with Crippen LogP contribution in [-0.4, -0.2) is 39.7 Å². The number of amides is 1. The van der Waals surface area contributed by atoms with Gasteiger partial charge in [0.05, 0.1) is 23.0 Å². The van der Waals surface area contributed by atoms with E-state index in [4.69, 9.17) is 11.6 Å². The van der Waals surface area contributed by atoms with E-state index in [1.54, 1.807) is 37.3 Å². The third kappa shape index (κ3) is 3.12. The Morgan fingerprint density at radius 3 is 2.79 bits per heavy atom. The minimum atomic E-state index is -0.0770. The Balaban J connectivity index is 2.18. The van der Waals surface area contributed by atoms with E-state index < -0.39 is 0 Å². The summed E-state index contributed by atoms with van der Waals surface area (Å²) in [5.74, 6) is -0.0770. The Morgan fingerprint density at radius 1 is 1.29 bits per heavy atom. The first-order valence-corrected chi connectivity index (χ1v) is 8.22. The number of nitrogens with zero attached hydrogens (tertiary/aromatic N) is 4. The maximum Gasteiger partial charge on any atom is 0.254 e. The van der Waals surface area contributed by atoms with Crippen LogP contribution in [0.25, 0.3) is 22.2 Å². The van der Waals surface area contributed by atoms with E-state index in [0.29, 0.717) is 10.6 Å². The van der Waals surface area contributed by atoms with E-state index >= 15 is 0 Å². The summed E-state index contributed by atoms with van der Waals surface area (Å²) >= 11 is 6.10. The summed E-state index contributed by atoms with van der Waals surface area (Å²) in [5, 5.41) is 5.69. The monoisotopic (exact) mass is 342 g/mol. The van der Waals surface area contributed by atoms with E-state index in [1.807, 2.05) is 23.0 Å². The standard InChI is InChI=1S/C18H19ClN4O/c1-4-7-23-11-12(10-20-23)17-9-15(18(24)22(2)3)14-8-13(19)5-6-16(14)21-17/h5-6,8-11H,4,7H2,1-3H3. The van der Waals surface area contributed by atoms with Gasteiger partial charge in [-0.05, 0) is 30.7 Å². The highest BCUT2D eigenvalue weighted by Gasteiger charge is 2.16. The van der Waals surface area contributed by atoms with Gasteiger partial charge in [0.25, 0.3) is 5.91 Å². The largest absolute Gasteiger partial charge is 0.345 e. The smallest absolute Gasteiger partial charge is 0.254 e. The fourth-order valence-corrected chi connectivity index (χ4v) is 2.78. The van der Waals surface area contributed by atoms with Crippen molar-refractivity contribution in [1.29, 1.82) is 0 Å². The second-order valence-corrected chi connectivity index (χ2v) is 6.34. The molecule has 0 saturated carbocycles. The van der Waals surface area contributed by atoms with Crippen LogP contribution in [-0.2, 0) is 6.54 Å². The third-order valence-corrected chi connectivity index (χ3v) is 4.02. The molecule has 0 N–H and O–H groups in total. The van der Waals surface area contributed by atoms with Crippen molar-refractivity contribution >= 4 is 28.4 Å². The highest BCUT2D eigenvalue weighted by molar-refractivity contribution is 6.31. The molecule has 0 atom stereocenters. The van der Waals surface area contributed by atoms with Gasteiger partial charge in [-0.3, -0.25) is 9.48 Å². The molecule has 0 spiro atoms. The number of rotatable bonds is 4. The molecular weight excluding hydrogens is 324 g/mol. The summed E-state index contributed by atoms with van der Waals surface area (Å²) < 4.78 is 1.89. The van der Waals surface area contributed by atoms with Gasteiger partial charge >= 0.3 is 0 Å². The van der Waals surface area contributed by atoms with Crippen molar-refractivity contribution in [3.63, 3.8) is 0 Å². The van der Waals surface area contributed by atoms with E-state index in [9.17, 15) is 4.79 Å². The lowest BCUT2D eigenvalue weighted by atomic mass is 10.0. The zero-order valence-corrected chi connectivity index (χ0v) is 14.7. The van der Waals surface area contributed by atoms with Gasteiger partial charge < -0.3 is 4.90 Å². The zero-order valence-electron chi connectivity index (χ0n) is 14.0. The van der Waals surface area contributed by atoms with Crippen LogP contribution in [0.15, 0.2) is 36.7 Å². The molecule has 0 radical (unpaired) electrons. The van der Waals surface area contributed by atoms with Crippen molar-refractivity contribution in [2.24, 2.45) is 0 Å². The SMILES string of the molecule is CCCn1cc(-c2cc(C(=O)N(C)C)c3cc(Cl)ccc3n2)cn1. The molecule has 1 amide bonds. The average molecular weight is 343 g/mol. The predicted molar refractivity (Wildman–Crippen MR) is 96.3 cm³/mol. The van der Waals surface area contributed by atoms with Crippen molar-refractivity contribution in [2.45, 2.75) is 19.9 Å². The zero-order chi connectivity index (χ0) is 17.3. The van der Waals surface area contributed by atoms with Crippen molar-refractivity contribution in [3.8, 4) is 11.3 Å². The molecule has 2 aromatic heterocycles. The lowest BCUT2D eigenvalue weighted by Gasteiger charge is -2.13. The van der Waals surface area contributed by atoms with Crippen LogP contribution in [0, 0.1) is 0 Å². The van der Waals surface area contributed by atoms with Gasteiger partial charge in [0.15, 0.2) is 0 Å². The van der Waals surface area contributed by atoms with Crippen LogP contribution < -0.4 is 0 Å². The molecule has 0 unspecified atom stereocenters. The maximum absolute atomic E-state index is 12.6. The van der Waals surface area contributed by atoms with E-state index in [2.05, 4.69) is 17.0 Å². The number of halogens is 1. The summed E-state index contributed by atoms with van der Waals surface area (Å²) in [6, 6.07) is 7.22. The van der Waals surface area contributed by atoms with E-state index in [0.717, 1.165) is 35.1 Å². The molecule has 0 bridgehead atoms. The van der Waals surface area contributed by atoms with Gasteiger partial charge in [-0.25, -0.2) is 4.98 Å². The molecule has 124 valence electrons. The van der Waals surface area contributed by atoms with E-state index in [-0.39, 0.29) is 5.91 Å². The number of carbonyl (C=O) groups excluding carboxylic acids is 1. The first kappa shape index (κ1) is 16.5. The number of aromatic nitrogens is 3. The molecule has 3 rings (SSSR count). The Kier molecular flexibility index (Phi) is 4.53. The van der Waals surface area contributed by atoms with Crippen molar-refractivity contribution in [1.82, 2.24) is 19.7 Å². The Labute approximate surface area is 145 Å². The average Bonchev–Trinajstić information content (AvgIpc) is 3.02. The van der Waals surface area contributed by atoms with Crippen molar-refractivity contribution in [2.75, 3.05) is 14.1 Å². The van der Waals surface area contributed by atoms with Gasteiger partial charge in [-0.1, -0.05) is 18.5 Å². The van der Waals surface area contributed by atoms with Crippen LogP contribution in [0.1, 0.15) is 23.7 Å². The summed E-state index contributed by atoms with van der Waals surface area (Å²) in [4.78, 5) is 18.8. The van der Waals surface area contributed by atoms with Gasteiger partial charge in [0, 0.05) is 42.8 Å². The summed E-state index contributed by atoms with van der Waals surface area (Å²) in [5.41, 5.74) is 2.96. The van der Waals surface area contributed by atoms with Gasteiger partial charge in [-0.2, -0.15) is 5.10 Å². The van der Waals surface area contributed by atoms with Gasteiger partial charge in [-0.15, -0.1) is 0 Å². The molecule has 0 aliphatic heterocycles. The highest BCUT2D eigenvalue weighted by Crippen LogP contribution is 2.27. The summed E-state index contributed by atoms with van der Waals surface area (Å²) in [6.45, 7) is 2.96. The molecule has 0 fully saturated rings.